The number of carboxylic acid groups (broad SMARTS) is 1. The van der Waals surface area contributed by atoms with Gasteiger partial charge in [0.1, 0.15) is 0 Å². The fraction of sp³-hybridized carbons (Fsp3) is 0.385. The van der Waals surface area contributed by atoms with E-state index in [0.29, 0.717) is 5.56 Å². The second-order valence-electron chi connectivity index (χ2n) is 4.91. The lowest BCUT2D eigenvalue weighted by atomic mass is 9.98. The third-order valence-corrected chi connectivity index (χ3v) is 3.73. The van der Waals surface area contributed by atoms with Crippen LogP contribution in [0.15, 0.2) is 30.3 Å². The van der Waals surface area contributed by atoms with E-state index in [0.717, 1.165) is 6.92 Å². The molecule has 0 aliphatic heterocycles. The van der Waals surface area contributed by atoms with Crippen molar-refractivity contribution in [3.63, 3.8) is 0 Å². The second-order valence-corrected chi connectivity index (χ2v) is 6.58. The average Bonchev–Trinajstić information content (AvgIpc) is 2.36. The highest BCUT2D eigenvalue weighted by Gasteiger charge is 2.28. The van der Waals surface area contributed by atoms with Gasteiger partial charge in [-0.2, -0.15) is 0 Å². The van der Waals surface area contributed by atoms with Crippen LogP contribution in [0.2, 0.25) is 0 Å². The number of amides is 1. The average molecular weight is 312 g/mol. The lowest BCUT2D eigenvalue weighted by molar-refractivity contribution is -0.316. The third kappa shape index (κ3) is 6.08. The SMILES string of the molecule is C[C@@](CCP(=O)([O-])[O-])(NC(=O)Cc1ccccc1)C(=O)[O-]. The fourth-order valence-electron chi connectivity index (χ4n) is 1.71. The minimum Gasteiger partial charge on any atom is -0.811 e. The van der Waals surface area contributed by atoms with Crippen LogP contribution in [0, 0.1) is 0 Å². The maximum Gasteiger partial charge on any atom is 0.225 e. The Kier molecular flexibility index (Phi) is 5.66. The van der Waals surface area contributed by atoms with Gasteiger partial charge >= 0.3 is 0 Å². The topological polar surface area (TPSA) is 132 Å². The van der Waals surface area contributed by atoms with Crippen molar-refractivity contribution in [1.29, 1.82) is 0 Å². The largest absolute Gasteiger partial charge is 0.811 e. The van der Waals surface area contributed by atoms with Gasteiger partial charge in [0, 0.05) is 0 Å². The van der Waals surface area contributed by atoms with Gasteiger partial charge in [0.15, 0.2) is 0 Å². The number of carbonyl (C=O) groups is 2. The molecule has 0 saturated heterocycles. The van der Waals surface area contributed by atoms with E-state index in [1.807, 2.05) is 0 Å². The van der Waals surface area contributed by atoms with Crippen molar-refractivity contribution in [3.05, 3.63) is 35.9 Å². The molecule has 0 heterocycles. The highest BCUT2D eigenvalue weighted by Crippen LogP contribution is 2.27. The smallest absolute Gasteiger partial charge is 0.225 e. The molecule has 0 bridgehead atoms. The number of carboxylic acids is 1. The Morgan fingerprint density at radius 1 is 1.24 bits per heavy atom. The van der Waals surface area contributed by atoms with E-state index in [2.05, 4.69) is 5.32 Å². The van der Waals surface area contributed by atoms with Crippen molar-refractivity contribution in [2.45, 2.75) is 25.3 Å². The Balaban J connectivity index is 2.71. The Morgan fingerprint density at radius 2 is 1.81 bits per heavy atom. The summed E-state index contributed by atoms with van der Waals surface area (Å²) in [6, 6.07) is 8.61. The van der Waals surface area contributed by atoms with E-state index in [1.54, 1.807) is 30.3 Å². The van der Waals surface area contributed by atoms with Gasteiger partial charge in [-0.25, -0.2) is 0 Å². The van der Waals surface area contributed by atoms with Crippen molar-refractivity contribution in [2.24, 2.45) is 0 Å². The van der Waals surface area contributed by atoms with Crippen LogP contribution >= 0.6 is 7.60 Å². The zero-order chi connectivity index (χ0) is 16.1. The third-order valence-electron chi connectivity index (χ3n) is 2.96. The molecule has 0 aliphatic carbocycles. The summed E-state index contributed by atoms with van der Waals surface area (Å²) in [5, 5.41) is 13.3. The first kappa shape index (κ1) is 17.4. The molecule has 21 heavy (non-hydrogen) atoms. The Bertz CT molecular complexity index is 555. The minimum absolute atomic E-state index is 0.0594. The minimum atomic E-state index is -4.85. The summed E-state index contributed by atoms with van der Waals surface area (Å²) in [4.78, 5) is 44.2. The maximum absolute atomic E-state index is 11.8. The molecule has 1 aromatic rings. The van der Waals surface area contributed by atoms with Gasteiger partial charge in [-0.05, 0) is 25.1 Å². The molecule has 1 amide bonds. The molecule has 0 unspecified atom stereocenters. The number of hydrogen-bond acceptors (Lipinski definition) is 6. The zero-order valence-corrected chi connectivity index (χ0v) is 12.3. The number of benzene rings is 1. The van der Waals surface area contributed by atoms with Gasteiger partial charge in [0.2, 0.25) is 5.91 Å². The van der Waals surface area contributed by atoms with Crippen LogP contribution in [0.4, 0.5) is 0 Å². The summed E-state index contributed by atoms with van der Waals surface area (Å²) in [5.41, 5.74) is -1.23. The summed E-state index contributed by atoms with van der Waals surface area (Å²) < 4.78 is 10.6. The van der Waals surface area contributed by atoms with Crippen LogP contribution in [-0.4, -0.2) is 23.6 Å². The van der Waals surface area contributed by atoms with Crippen molar-refractivity contribution >= 4 is 19.5 Å². The van der Waals surface area contributed by atoms with Gasteiger partial charge in [0.05, 0.1) is 17.9 Å². The molecule has 0 aromatic heterocycles. The first-order chi connectivity index (χ1) is 9.62. The van der Waals surface area contributed by atoms with E-state index in [-0.39, 0.29) is 6.42 Å². The van der Waals surface area contributed by atoms with Gasteiger partial charge in [-0.3, -0.25) is 4.79 Å². The van der Waals surface area contributed by atoms with E-state index in [1.165, 1.54) is 0 Å². The molecule has 7 nitrogen and oxygen atoms in total. The number of nitrogens with one attached hydrogen (secondary N) is 1. The maximum atomic E-state index is 11.8. The monoisotopic (exact) mass is 312 g/mol. The molecule has 116 valence electrons. The zero-order valence-electron chi connectivity index (χ0n) is 11.4. The number of hydrogen-bond donors (Lipinski definition) is 1. The molecule has 1 atom stereocenters. The Hall–Kier alpha value is -1.69. The van der Waals surface area contributed by atoms with Gasteiger partial charge in [-0.15, -0.1) is 0 Å². The van der Waals surface area contributed by atoms with E-state index in [4.69, 9.17) is 0 Å². The number of carbonyl (C=O) groups excluding carboxylic acids is 2. The lowest BCUT2D eigenvalue weighted by Crippen LogP contribution is -2.59. The summed E-state index contributed by atoms with van der Waals surface area (Å²) in [7, 11) is -4.85. The molecule has 8 heteroatoms. The van der Waals surface area contributed by atoms with Gasteiger partial charge in [-0.1, -0.05) is 37.9 Å². The van der Waals surface area contributed by atoms with Gasteiger partial charge < -0.3 is 29.6 Å². The second kappa shape index (κ2) is 6.85. The van der Waals surface area contributed by atoms with Crippen LogP contribution in [0.1, 0.15) is 18.9 Å². The molecule has 0 spiro atoms. The standard InChI is InChI=1S/C13H18NO6P/c1-13(12(16)17,7-8-21(18,19)20)14-11(15)9-10-5-3-2-4-6-10/h2-6H,7-9H2,1H3,(H,14,15)(H,16,17)(H2,18,19,20)/p-3/t13-/m0/s1. The molecule has 0 radical (unpaired) electrons. The highest BCUT2D eigenvalue weighted by molar-refractivity contribution is 7.48. The number of aliphatic carboxylic acids is 1. The van der Waals surface area contributed by atoms with Crippen molar-refractivity contribution in [1.82, 2.24) is 5.32 Å². The Morgan fingerprint density at radius 3 is 2.29 bits per heavy atom. The van der Waals surface area contributed by atoms with Gasteiger partial charge in [0.25, 0.3) is 0 Å². The van der Waals surface area contributed by atoms with E-state index in [9.17, 15) is 29.0 Å². The van der Waals surface area contributed by atoms with Crippen LogP contribution in [0.3, 0.4) is 0 Å². The van der Waals surface area contributed by atoms with Crippen molar-refractivity contribution in [3.8, 4) is 0 Å². The molecule has 0 aliphatic rings. The normalized spacial score (nSPS) is 14.2. The first-order valence-corrected chi connectivity index (χ1v) is 7.93. The van der Waals surface area contributed by atoms with Crippen molar-refractivity contribution in [2.75, 3.05) is 6.16 Å². The predicted molar refractivity (Wildman–Crippen MR) is 68.8 cm³/mol. The Labute approximate surface area is 122 Å². The van der Waals surface area contributed by atoms with Crippen LogP contribution in [-0.2, 0) is 20.6 Å². The molecular formula is C13H15NO6P-3. The molecule has 1 rings (SSSR count). The van der Waals surface area contributed by atoms with Crippen molar-refractivity contribution < 1.29 is 29.0 Å². The summed E-state index contributed by atoms with van der Waals surface area (Å²) in [6.45, 7) is 1.11. The quantitative estimate of drug-likeness (QED) is 0.588. The highest BCUT2D eigenvalue weighted by atomic mass is 31.2. The van der Waals surface area contributed by atoms with Crippen LogP contribution < -0.4 is 20.2 Å². The molecule has 1 aromatic carbocycles. The summed E-state index contributed by atoms with van der Waals surface area (Å²) >= 11 is 0. The predicted octanol–water partition coefficient (Wildman–Crippen LogP) is -1.84. The van der Waals surface area contributed by atoms with Crippen LogP contribution in [0.25, 0.3) is 0 Å². The first-order valence-electron chi connectivity index (χ1n) is 6.20. The molecule has 0 fully saturated rings. The summed E-state index contributed by atoms with van der Waals surface area (Å²) in [5.74, 6) is -2.24. The van der Waals surface area contributed by atoms with E-state index >= 15 is 0 Å². The molecule has 0 saturated carbocycles. The molecular weight excluding hydrogens is 297 g/mol. The lowest BCUT2D eigenvalue weighted by Gasteiger charge is -2.37. The van der Waals surface area contributed by atoms with Crippen LogP contribution in [0.5, 0.6) is 0 Å². The number of rotatable bonds is 7. The van der Waals surface area contributed by atoms with E-state index < -0.39 is 37.6 Å². The fourth-order valence-corrected chi connectivity index (χ4v) is 2.43. The molecule has 1 N–H and O–H groups in total. The summed E-state index contributed by atoms with van der Waals surface area (Å²) in [6.07, 6.45) is -1.47.